The van der Waals surface area contributed by atoms with Crippen molar-refractivity contribution in [2.45, 2.75) is 37.9 Å². The zero-order valence-corrected chi connectivity index (χ0v) is 8.90. The number of ether oxygens (including phenoxy) is 1. The standard InChI is InChI=1S/C9H14FNO2.ClH/c1-2-13-7(12)6(11)8-3-9(10,4-8)5-8;/h6H,2-5,11H2,1H3;1H/t6-,8?,9?;/m1./s1. The first-order valence-corrected chi connectivity index (χ1v) is 4.63. The molecule has 2 bridgehead atoms. The highest BCUT2D eigenvalue weighted by atomic mass is 35.5. The van der Waals surface area contributed by atoms with Crippen LogP contribution in [-0.2, 0) is 9.53 Å². The minimum absolute atomic E-state index is 0. The fourth-order valence-electron chi connectivity index (χ4n) is 2.55. The number of hydrogen-bond acceptors (Lipinski definition) is 3. The summed E-state index contributed by atoms with van der Waals surface area (Å²) in [5.74, 6) is -0.385. The third kappa shape index (κ3) is 1.41. The van der Waals surface area contributed by atoms with Gasteiger partial charge in [0.1, 0.15) is 11.7 Å². The van der Waals surface area contributed by atoms with Gasteiger partial charge in [0, 0.05) is 5.41 Å². The van der Waals surface area contributed by atoms with E-state index in [2.05, 4.69) is 0 Å². The van der Waals surface area contributed by atoms with E-state index in [0.29, 0.717) is 25.9 Å². The average Bonchev–Trinajstić information content (AvgIpc) is 1.96. The van der Waals surface area contributed by atoms with Crippen molar-refractivity contribution in [1.29, 1.82) is 0 Å². The van der Waals surface area contributed by atoms with Gasteiger partial charge in [-0.2, -0.15) is 0 Å². The maximum absolute atomic E-state index is 13.1. The zero-order chi connectivity index (χ0) is 9.69. The number of hydrogen-bond donors (Lipinski definition) is 1. The molecule has 0 aromatic carbocycles. The number of rotatable bonds is 3. The molecule has 0 spiro atoms. The number of alkyl halides is 1. The summed E-state index contributed by atoms with van der Waals surface area (Å²) in [6, 6.07) is -0.620. The van der Waals surface area contributed by atoms with E-state index in [1.54, 1.807) is 6.92 Å². The van der Waals surface area contributed by atoms with E-state index in [-0.39, 0.29) is 23.8 Å². The first-order valence-electron chi connectivity index (χ1n) is 4.63. The molecule has 0 heterocycles. The third-order valence-corrected chi connectivity index (χ3v) is 3.21. The smallest absolute Gasteiger partial charge is 0.323 e. The van der Waals surface area contributed by atoms with E-state index >= 15 is 0 Å². The van der Waals surface area contributed by atoms with E-state index in [9.17, 15) is 9.18 Å². The molecule has 3 nitrogen and oxygen atoms in total. The SMILES string of the molecule is CCOC(=O)[C@@H](N)C12CC(F)(C1)C2.Cl. The molecule has 82 valence electrons. The molecular formula is C9H15ClFNO2. The number of carbonyl (C=O) groups is 1. The Labute approximate surface area is 88.6 Å². The van der Waals surface area contributed by atoms with Gasteiger partial charge in [0.25, 0.3) is 0 Å². The number of nitrogens with two attached hydrogens (primary N) is 1. The third-order valence-electron chi connectivity index (χ3n) is 3.21. The maximum Gasteiger partial charge on any atom is 0.323 e. The minimum atomic E-state index is -0.996. The highest BCUT2D eigenvalue weighted by Gasteiger charge is 2.72. The fourth-order valence-corrected chi connectivity index (χ4v) is 2.55. The Bertz CT molecular complexity index is 239. The lowest BCUT2D eigenvalue weighted by atomic mass is 9.40. The second-order valence-electron chi connectivity index (χ2n) is 4.27. The monoisotopic (exact) mass is 223 g/mol. The molecule has 3 aliphatic rings. The van der Waals surface area contributed by atoms with Crippen molar-refractivity contribution < 1.29 is 13.9 Å². The van der Waals surface area contributed by atoms with Crippen LogP contribution in [0, 0.1) is 5.41 Å². The van der Waals surface area contributed by atoms with Gasteiger partial charge in [-0.15, -0.1) is 12.4 Å². The first kappa shape index (κ1) is 11.7. The van der Waals surface area contributed by atoms with Crippen molar-refractivity contribution in [1.82, 2.24) is 0 Å². The lowest BCUT2D eigenvalue weighted by Gasteiger charge is -2.67. The Kier molecular flexibility index (Phi) is 2.80. The highest BCUT2D eigenvalue weighted by molar-refractivity contribution is 5.85. The largest absolute Gasteiger partial charge is 0.465 e. The van der Waals surface area contributed by atoms with Crippen LogP contribution in [-0.4, -0.2) is 24.3 Å². The van der Waals surface area contributed by atoms with Crippen LogP contribution in [0.3, 0.4) is 0 Å². The van der Waals surface area contributed by atoms with Gasteiger partial charge in [-0.05, 0) is 26.2 Å². The lowest BCUT2D eigenvalue weighted by Crippen LogP contribution is -2.72. The van der Waals surface area contributed by atoms with Crippen LogP contribution < -0.4 is 5.73 Å². The van der Waals surface area contributed by atoms with Crippen LogP contribution in [0.15, 0.2) is 0 Å². The normalized spacial score (nSPS) is 39.9. The van der Waals surface area contributed by atoms with E-state index in [4.69, 9.17) is 10.5 Å². The van der Waals surface area contributed by atoms with Crippen molar-refractivity contribution in [2.75, 3.05) is 6.61 Å². The summed E-state index contributed by atoms with van der Waals surface area (Å²) in [6.07, 6.45) is 1.33. The molecule has 2 N–H and O–H groups in total. The summed E-state index contributed by atoms with van der Waals surface area (Å²) in [7, 11) is 0. The molecule has 0 saturated heterocycles. The summed E-state index contributed by atoms with van der Waals surface area (Å²) in [4.78, 5) is 11.2. The summed E-state index contributed by atoms with van der Waals surface area (Å²) in [5.41, 5.74) is 4.44. The Morgan fingerprint density at radius 3 is 2.43 bits per heavy atom. The molecule has 0 amide bonds. The van der Waals surface area contributed by atoms with Crippen LogP contribution in [0.1, 0.15) is 26.2 Å². The molecule has 3 fully saturated rings. The molecule has 0 radical (unpaired) electrons. The number of halogens is 2. The maximum atomic E-state index is 13.1. The molecular weight excluding hydrogens is 209 g/mol. The van der Waals surface area contributed by atoms with Gasteiger partial charge in [-0.3, -0.25) is 4.79 Å². The summed E-state index contributed by atoms with van der Waals surface area (Å²) >= 11 is 0. The van der Waals surface area contributed by atoms with Gasteiger partial charge in [-0.1, -0.05) is 0 Å². The summed E-state index contributed by atoms with van der Waals surface area (Å²) in [5, 5.41) is 0. The van der Waals surface area contributed by atoms with E-state index < -0.39 is 11.7 Å². The topological polar surface area (TPSA) is 52.3 Å². The Morgan fingerprint density at radius 1 is 1.57 bits per heavy atom. The van der Waals surface area contributed by atoms with Gasteiger partial charge in [0.05, 0.1) is 6.61 Å². The quantitative estimate of drug-likeness (QED) is 0.732. The lowest BCUT2D eigenvalue weighted by molar-refractivity contribution is -0.228. The van der Waals surface area contributed by atoms with Crippen molar-refractivity contribution in [2.24, 2.45) is 11.1 Å². The molecule has 3 aliphatic carbocycles. The molecule has 0 aromatic rings. The molecule has 3 rings (SSSR count). The fraction of sp³-hybridized carbons (Fsp3) is 0.889. The van der Waals surface area contributed by atoms with Gasteiger partial charge in [-0.25, -0.2) is 4.39 Å². The van der Waals surface area contributed by atoms with Crippen LogP contribution in [0.2, 0.25) is 0 Å². The Hall–Kier alpha value is -0.350. The van der Waals surface area contributed by atoms with Crippen molar-refractivity contribution in [3.05, 3.63) is 0 Å². The Balaban J connectivity index is 0.000000980. The molecule has 0 unspecified atom stereocenters. The number of carbonyl (C=O) groups excluding carboxylic acids is 1. The van der Waals surface area contributed by atoms with Gasteiger partial charge >= 0.3 is 5.97 Å². The van der Waals surface area contributed by atoms with Gasteiger partial charge in [0.15, 0.2) is 0 Å². The number of esters is 1. The van der Waals surface area contributed by atoms with Crippen molar-refractivity contribution in [3.8, 4) is 0 Å². The molecule has 0 aromatic heterocycles. The molecule has 5 heteroatoms. The predicted octanol–water partition coefficient (Wildman–Crippen LogP) is 1.19. The van der Waals surface area contributed by atoms with Gasteiger partial charge < -0.3 is 10.5 Å². The highest BCUT2D eigenvalue weighted by Crippen LogP contribution is 2.70. The first-order chi connectivity index (χ1) is 6.01. The van der Waals surface area contributed by atoms with Crippen LogP contribution in [0.25, 0.3) is 0 Å². The van der Waals surface area contributed by atoms with Crippen LogP contribution >= 0.6 is 12.4 Å². The molecule has 3 saturated carbocycles. The van der Waals surface area contributed by atoms with Crippen molar-refractivity contribution in [3.63, 3.8) is 0 Å². The van der Waals surface area contributed by atoms with Crippen LogP contribution in [0.5, 0.6) is 0 Å². The predicted molar refractivity (Wildman–Crippen MR) is 52.0 cm³/mol. The molecule has 14 heavy (non-hydrogen) atoms. The van der Waals surface area contributed by atoms with Crippen LogP contribution in [0.4, 0.5) is 4.39 Å². The van der Waals surface area contributed by atoms with Gasteiger partial charge in [0.2, 0.25) is 0 Å². The summed E-state index contributed by atoms with van der Waals surface area (Å²) < 4.78 is 17.9. The zero-order valence-electron chi connectivity index (χ0n) is 8.09. The van der Waals surface area contributed by atoms with E-state index in [0.717, 1.165) is 0 Å². The Morgan fingerprint density at radius 2 is 2.07 bits per heavy atom. The van der Waals surface area contributed by atoms with Crippen molar-refractivity contribution >= 4 is 18.4 Å². The summed E-state index contributed by atoms with van der Waals surface area (Å²) in [6.45, 7) is 2.08. The second kappa shape index (κ2) is 3.35. The molecule has 1 atom stereocenters. The molecule has 0 aliphatic heterocycles. The van der Waals surface area contributed by atoms with E-state index in [1.165, 1.54) is 0 Å². The van der Waals surface area contributed by atoms with E-state index in [1.807, 2.05) is 0 Å². The second-order valence-corrected chi connectivity index (χ2v) is 4.27. The average molecular weight is 224 g/mol. The minimum Gasteiger partial charge on any atom is -0.465 e.